The van der Waals surface area contributed by atoms with Gasteiger partial charge in [-0.25, -0.2) is 10.9 Å². The summed E-state index contributed by atoms with van der Waals surface area (Å²) in [6.45, 7) is 1.85. The summed E-state index contributed by atoms with van der Waals surface area (Å²) < 4.78 is 0. The van der Waals surface area contributed by atoms with Crippen molar-refractivity contribution >= 4 is 11.9 Å². The van der Waals surface area contributed by atoms with E-state index in [-0.39, 0.29) is 5.91 Å². The van der Waals surface area contributed by atoms with Crippen LogP contribution in [0.15, 0.2) is 0 Å². The lowest BCUT2D eigenvalue weighted by molar-refractivity contribution is -0.127. The second-order valence-corrected chi connectivity index (χ2v) is 1.90. The Morgan fingerprint density at radius 1 is 1.70 bits per heavy atom. The summed E-state index contributed by atoms with van der Waals surface area (Å²) in [6, 6.07) is 0. The van der Waals surface area contributed by atoms with Gasteiger partial charge in [-0.1, -0.05) is 6.92 Å². The summed E-state index contributed by atoms with van der Waals surface area (Å²) in [5.41, 5.74) is 4.93. The van der Waals surface area contributed by atoms with Crippen LogP contribution < -0.4 is 11.6 Å². The van der Waals surface area contributed by atoms with Crippen LogP contribution in [-0.4, -0.2) is 16.9 Å². The molecular formula is C5H12N4O. The normalized spacial score (nSPS) is 9.00. The first-order valence-corrected chi connectivity index (χ1v) is 3.01. The first-order chi connectivity index (χ1) is 4.59. The average molecular weight is 144 g/mol. The highest BCUT2D eigenvalue weighted by molar-refractivity contribution is 5.93. The maximum absolute atomic E-state index is 10.8. The smallest absolute Gasteiger partial charge is 0.243 e. The first kappa shape index (κ1) is 8.90. The quantitative estimate of drug-likeness (QED) is 0.158. The molecule has 5 nitrogen and oxygen atoms in total. The molecule has 0 heterocycles. The van der Waals surface area contributed by atoms with Gasteiger partial charge in [0, 0.05) is 6.42 Å². The number of hydrazine groups is 1. The van der Waals surface area contributed by atoms with E-state index in [1.807, 2.05) is 6.92 Å². The van der Waals surface area contributed by atoms with E-state index in [4.69, 9.17) is 17.0 Å². The number of guanidine groups is 1. The van der Waals surface area contributed by atoms with E-state index in [9.17, 15) is 4.79 Å². The number of carbonyl (C=O) groups excluding carboxylic acids is 1. The number of hydrogen-bond donors (Lipinski definition) is 3. The molecule has 1 amide bonds. The largest absolute Gasteiger partial charge is 0.369 e. The van der Waals surface area contributed by atoms with E-state index >= 15 is 0 Å². The molecule has 0 saturated heterocycles. The Morgan fingerprint density at radius 2 is 2.20 bits per heavy atom. The second-order valence-electron chi connectivity index (χ2n) is 1.90. The van der Waals surface area contributed by atoms with E-state index in [1.165, 1.54) is 0 Å². The van der Waals surface area contributed by atoms with Crippen LogP contribution in [0, 0.1) is 5.41 Å². The van der Waals surface area contributed by atoms with Gasteiger partial charge in [0.2, 0.25) is 11.9 Å². The Balaban J connectivity index is 3.82. The molecule has 5 N–H and O–H groups in total. The van der Waals surface area contributed by atoms with Crippen molar-refractivity contribution in [2.45, 2.75) is 19.8 Å². The average Bonchev–Trinajstić information content (AvgIpc) is 1.87. The van der Waals surface area contributed by atoms with Crippen LogP contribution in [0.2, 0.25) is 0 Å². The molecule has 0 atom stereocenters. The molecule has 58 valence electrons. The lowest BCUT2D eigenvalue weighted by atomic mass is 10.3. The van der Waals surface area contributed by atoms with Gasteiger partial charge in [-0.2, -0.15) is 0 Å². The van der Waals surface area contributed by atoms with Gasteiger partial charge in [-0.05, 0) is 6.42 Å². The maximum atomic E-state index is 10.8. The number of amides is 1. The minimum Gasteiger partial charge on any atom is -0.369 e. The molecule has 0 radical (unpaired) electrons. The summed E-state index contributed by atoms with van der Waals surface area (Å²) >= 11 is 0. The molecule has 0 aromatic carbocycles. The third-order valence-corrected chi connectivity index (χ3v) is 0.992. The van der Waals surface area contributed by atoms with Crippen LogP contribution >= 0.6 is 0 Å². The standard InChI is InChI=1S/C5H12N4O/c1-2-3-4(10)9(8)5(6)7/h2-3,8H2,1H3,(H3,6,7). The zero-order valence-electron chi connectivity index (χ0n) is 5.92. The van der Waals surface area contributed by atoms with Crippen LogP contribution in [0.25, 0.3) is 0 Å². The molecule has 10 heavy (non-hydrogen) atoms. The van der Waals surface area contributed by atoms with Gasteiger partial charge in [0.15, 0.2) is 0 Å². The second kappa shape index (κ2) is 3.84. The summed E-state index contributed by atoms with van der Waals surface area (Å²) in [6.07, 6.45) is 1.04. The van der Waals surface area contributed by atoms with Gasteiger partial charge in [-0.3, -0.25) is 10.2 Å². The van der Waals surface area contributed by atoms with Crippen LogP contribution in [0.4, 0.5) is 0 Å². The lowest BCUT2D eigenvalue weighted by Crippen LogP contribution is -2.46. The molecule has 0 bridgehead atoms. The predicted molar refractivity (Wildman–Crippen MR) is 37.9 cm³/mol. The molecule has 0 aromatic rings. The molecule has 0 fully saturated rings. The topological polar surface area (TPSA) is 96.2 Å². The van der Waals surface area contributed by atoms with E-state index in [0.29, 0.717) is 17.9 Å². The Kier molecular flexibility index (Phi) is 3.42. The summed E-state index contributed by atoms with van der Waals surface area (Å²) in [7, 11) is 0. The number of nitrogens with two attached hydrogens (primary N) is 2. The van der Waals surface area contributed by atoms with Crippen molar-refractivity contribution in [2.24, 2.45) is 11.6 Å². The highest BCUT2D eigenvalue weighted by Gasteiger charge is 2.09. The van der Waals surface area contributed by atoms with Crippen molar-refractivity contribution < 1.29 is 4.79 Å². The van der Waals surface area contributed by atoms with Gasteiger partial charge in [0.05, 0.1) is 0 Å². The van der Waals surface area contributed by atoms with Gasteiger partial charge < -0.3 is 5.73 Å². The predicted octanol–water partition coefficient (Wildman–Crippen LogP) is -0.618. The minimum absolute atomic E-state index is 0.324. The molecule has 0 spiro atoms. The highest BCUT2D eigenvalue weighted by Crippen LogP contribution is 1.90. The highest BCUT2D eigenvalue weighted by atomic mass is 16.2. The molecule has 0 aliphatic carbocycles. The zero-order valence-corrected chi connectivity index (χ0v) is 5.92. The fourth-order valence-electron chi connectivity index (χ4n) is 0.469. The Bertz CT molecular complexity index is 145. The van der Waals surface area contributed by atoms with Crippen molar-refractivity contribution in [1.82, 2.24) is 5.01 Å². The van der Waals surface area contributed by atoms with Crippen molar-refractivity contribution in [1.29, 1.82) is 5.41 Å². The molecule has 0 rings (SSSR count). The zero-order chi connectivity index (χ0) is 8.15. The summed E-state index contributed by atoms with van der Waals surface area (Å²) in [5.74, 6) is 4.34. The Labute approximate surface area is 59.5 Å². The lowest BCUT2D eigenvalue weighted by Gasteiger charge is -2.12. The molecule has 0 saturated carbocycles. The third-order valence-electron chi connectivity index (χ3n) is 0.992. The summed E-state index contributed by atoms with van der Waals surface area (Å²) in [5, 5.41) is 7.41. The van der Waals surface area contributed by atoms with Crippen LogP contribution in [0.1, 0.15) is 19.8 Å². The van der Waals surface area contributed by atoms with Gasteiger partial charge in [0.1, 0.15) is 0 Å². The van der Waals surface area contributed by atoms with Crippen molar-refractivity contribution in [3.8, 4) is 0 Å². The number of nitrogens with zero attached hydrogens (tertiary/aromatic N) is 1. The van der Waals surface area contributed by atoms with Crippen molar-refractivity contribution in [3.05, 3.63) is 0 Å². The van der Waals surface area contributed by atoms with Crippen molar-refractivity contribution in [2.75, 3.05) is 0 Å². The molecule has 0 aliphatic heterocycles. The number of rotatable bonds is 2. The third kappa shape index (κ3) is 2.45. The van der Waals surface area contributed by atoms with E-state index in [0.717, 1.165) is 0 Å². The summed E-state index contributed by atoms with van der Waals surface area (Å²) in [4.78, 5) is 10.8. The van der Waals surface area contributed by atoms with Gasteiger partial charge in [0.25, 0.3) is 0 Å². The minimum atomic E-state index is -0.418. The van der Waals surface area contributed by atoms with Crippen LogP contribution in [-0.2, 0) is 4.79 Å². The molecule has 0 aliphatic rings. The van der Waals surface area contributed by atoms with Crippen molar-refractivity contribution in [3.63, 3.8) is 0 Å². The van der Waals surface area contributed by atoms with E-state index in [1.54, 1.807) is 0 Å². The molecule has 0 unspecified atom stereocenters. The SMILES string of the molecule is CCCC(=O)N(N)C(=N)N. The Hall–Kier alpha value is -1.10. The molecule has 0 aromatic heterocycles. The maximum Gasteiger partial charge on any atom is 0.243 e. The monoisotopic (exact) mass is 144 g/mol. The van der Waals surface area contributed by atoms with Gasteiger partial charge >= 0.3 is 0 Å². The Morgan fingerprint density at radius 3 is 2.50 bits per heavy atom. The van der Waals surface area contributed by atoms with Crippen LogP contribution in [0.3, 0.4) is 0 Å². The number of hydrogen-bond acceptors (Lipinski definition) is 3. The number of nitrogens with one attached hydrogen (secondary N) is 1. The first-order valence-electron chi connectivity index (χ1n) is 3.01. The fraction of sp³-hybridized carbons (Fsp3) is 0.600. The molecule has 5 heteroatoms. The van der Waals surface area contributed by atoms with E-state index in [2.05, 4.69) is 0 Å². The fourth-order valence-corrected chi connectivity index (χ4v) is 0.469. The van der Waals surface area contributed by atoms with Gasteiger partial charge in [-0.15, -0.1) is 0 Å². The van der Waals surface area contributed by atoms with E-state index < -0.39 is 5.96 Å². The van der Waals surface area contributed by atoms with Crippen LogP contribution in [0.5, 0.6) is 0 Å². The number of carbonyl (C=O) groups is 1. The molecular weight excluding hydrogens is 132 g/mol.